The van der Waals surface area contributed by atoms with Crippen LogP contribution in [0.25, 0.3) is 0 Å². The predicted molar refractivity (Wildman–Crippen MR) is 83.5 cm³/mol. The molecular weight excluding hydrogens is 272 g/mol. The standard InChI is InChI=1S/C20H12O2/c21-17-10-6-11-5-7-13-12-3-1-2-4-14(12)20(22)16-9-8-15(17)18(11)19(13)16/h1-10,13,15H. The van der Waals surface area contributed by atoms with Crippen LogP contribution in [0, 0.1) is 5.92 Å². The molecule has 0 N–H and O–H groups in total. The van der Waals surface area contributed by atoms with Gasteiger partial charge in [0, 0.05) is 17.1 Å². The normalized spacial score (nSPS) is 27.3. The minimum atomic E-state index is -0.232. The van der Waals surface area contributed by atoms with Crippen LogP contribution in [0.2, 0.25) is 0 Å². The number of ketones is 2. The molecule has 1 aromatic carbocycles. The Morgan fingerprint density at radius 3 is 2.50 bits per heavy atom. The van der Waals surface area contributed by atoms with Crippen LogP contribution in [-0.2, 0) is 4.79 Å². The number of rotatable bonds is 0. The first-order valence-corrected chi connectivity index (χ1v) is 7.46. The van der Waals surface area contributed by atoms with Crippen LogP contribution in [-0.4, -0.2) is 11.6 Å². The summed E-state index contributed by atoms with van der Waals surface area (Å²) in [7, 11) is 0. The van der Waals surface area contributed by atoms with Crippen molar-refractivity contribution in [3.05, 3.63) is 94.1 Å². The molecule has 1 aromatic rings. The van der Waals surface area contributed by atoms with Crippen LogP contribution in [0.15, 0.2) is 83.0 Å². The van der Waals surface area contributed by atoms with E-state index in [9.17, 15) is 9.59 Å². The Balaban J connectivity index is 1.85. The fourth-order valence-corrected chi connectivity index (χ4v) is 3.98. The van der Waals surface area contributed by atoms with Crippen molar-refractivity contribution in [2.75, 3.05) is 0 Å². The van der Waals surface area contributed by atoms with Gasteiger partial charge in [-0.3, -0.25) is 9.59 Å². The summed E-state index contributed by atoms with van der Waals surface area (Å²) >= 11 is 0. The molecule has 0 aromatic heterocycles. The van der Waals surface area contributed by atoms with E-state index in [1.54, 1.807) is 6.08 Å². The summed E-state index contributed by atoms with van der Waals surface area (Å²) in [5, 5.41) is 0. The Hall–Kier alpha value is -2.74. The molecule has 22 heavy (non-hydrogen) atoms. The molecule has 2 atom stereocenters. The number of carbonyl (C=O) groups is 2. The first kappa shape index (κ1) is 11.9. The molecule has 4 aliphatic rings. The summed E-state index contributed by atoms with van der Waals surface area (Å²) in [6, 6.07) is 7.79. The third-order valence-corrected chi connectivity index (χ3v) is 4.96. The molecule has 104 valence electrons. The molecule has 0 saturated heterocycles. The fourth-order valence-electron chi connectivity index (χ4n) is 3.98. The maximum Gasteiger partial charge on any atom is 0.193 e. The summed E-state index contributed by atoms with van der Waals surface area (Å²) in [4.78, 5) is 25.0. The molecule has 0 spiro atoms. The average molecular weight is 284 g/mol. The van der Waals surface area contributed by atoms with Crippen LogP contribution in [0.4, 0.5) is 0 Å². The molecular formula is C20H12O2. The predicted octanol–water partition coefficient (Wildman–Crippen LogP) is 3.45. The molecule has 0 amide bonds. The highest BCUT2D eigenvalue weighted by molar-refractivity contribution is 6.16. The van der Waals surface area contributed by atoms with Crippen LogP contribution in [0.1, 0.15) is 21.8 Å². The Morgan fingerprint density at radius 2 is 1.59 bits per heavy atom. The Kier molecular flexibility index (Phi) is 2.11. The smallest absolute Gasteiger partial charge is 0.193 e. The summed E-state index contributed by atoms with van der Waals surface area (Å²) in [6.45, 7) is 0. The number of fused-ring (bicyclic) bond motifs is 2. The highest BCUT2D eigenvalue weighted by Crippen LogP contribution is 2.50. The quantitative estimate of drug-likeness (QED) is 0.731. The number of allylic oxidation sites excluding steroid dienone is 10. The third-order valence-electron chi connectivity index (χ3n) is 4.96. The zero-order chi connectivity index (χ0) is 14.8. The van der Waals surface area contributed by atoms with Gasteiger partial charge in [0.15, 0.2) is 11.6 Å². The second kappa shape index (κ2) is 3.92. The van der Waals surface area contributed by atoms with E-state index in [-0.39, 0.29) is 23.4 Å². The number of hydrogen-bond donors (Lipinski definition) is 0. The molecule has 5 rings (SSSR count). The average Bonchev–Trinajstić information content (AvgIpc) is 2.57. The molecule has 0 fully saturated rings. The Morgan fingerprint density at radius 1 is 0.773 bits per heavy atom. The number of Topliss-reactive ketones (excluding diaryl/α,β-unsaturated/α-hetero) is 1. The lowest BCUT2D eigenvalue weighted by atomic mass is 9.64. The molecule has 4 aliphatic carbocycles. The van der Waals surface area contributed by atoms with Crippen LogP contribution >= 0.6 is 0 Å². The van der Waals surface area contributed by atoms with Crippen molar-refractivity contribution in [2.24, 2.45) is 5.92 Å². The molecule has 0 bridgehead atoms. The lowest BCUT2D eigenvalue weighted by molar-refractivity contribution is -0.116. The fraction of sp³-hybridized carbons (Fsp3) is 0.100. The van der Waals surface area contributed by atoms with Gasteiger partial charge in [0.25, 0.3) is 0 Å². The highest BCUT2D eigenvalue weighted by Gasteiger charge is 2.40. The number of hydrogen-bond acceptors (Lipinski definition) is 2. The number of benzene rings is 1. The van der Waals surface area contributed by atoms with Crippen LogP contribution in [0.5, 0.6) is 0 Å². The lowest BCUT2D eigenvalue weighted by Gasteiger charge is -2.37. The van der Waals surface area contributed by atoms with Crippen molar-refractivity contribution in [1.29, 1.82) is 0 Å². The molecule has 0 saturated carbocycles. The van der Waals surface area contributed by atoms with Crippen molar-refractivity contribution in [3.63, 3.8) is 0 Å². The molecule has 0 aliphatic heterocycles. The van der Waals surface area contributed by atoms with Gasteiger partial charge in [-0.1, -0.05) is 54.6 Å². The van der Waals surface area contributed by atoms with Crippen molar-refractivity contribution in [1.82, 2.24) is 0 Å². The van der Waals surface area contributed by atoms with Gasteiger partial charge in [-0.2, -0.15) is 0 Å². The van der Waals surface area contributed by atoms with Gasteiger partial charge < -0.3 is 0 Å². The maximum atomic E-state index is 12.8. The molecule has 0 heterocycles. The Labute approximate surface area is 127 Å². The van der Waals surface area contributed by atoms with E-state index >= 15 is 0 Å². The van der Waals surface area contributed by atoms with E-state index in [1.807, 2.05) is 42.5 Å². The number of carbonyl (C=O) groups excluding carboxylic acids is 2. The van der Waals surface area contributed by atoms with E-state index < -0.39 is 0 Å². The van der Waals surface area contributed by atoms with Crippen molar-refractivity contribution < 1.29 is 9.59 Å². The first-order chi connectivity index (χ1) is 10.8. The van der Waals surface area contributed by atoms with Gasteiger partial charge in [0.1, 0.15) is 0 Å². The maximum absolute atomic E-state index is 12.8. The minimum Gasteiger partial charge on any atom is -0.294 e. The summed E-state index contributed by atoms with van der Waals surface area (Å²) in [6.07, 6.45) is 11.5. The summed E-state index contributed by atoms with van der Waals surface area (Å²) in [5.74, 6) is 0.0151. The minimum absolute atomic E-state index is 0.0701. The summed E-state index contributed by atoms with van der Waals surface area (Å²) in [5.41, 5.74) is 5.70. The zero-order valence-corrected chi connectivity index (χ0v) is 11.7. The van der Waals surface area contributed by atoms with Crippen molar-refractivity contribution in [2.45, 2.75) is 5.92 Å². The van der Waals surface area contributed by atoms with Gasteiger partial charge in [-0.25, -0.2) is 0 Å². The zero-order valence-electron chi connectivity index (χ0n) is 11.7. The van der Waals surface area contributed by atoms with E-state index in [4.69, 9.17) is 0 Å². The van der Waals surface area contributed by atoms with Gasteiger partial charge in [0.2, 0.25) is 0 Å². The molecule has 2 nitrogen and oxygen atoms in total. The van der Waals surface area contributed by atoms with Crippen LogP contribution < -0.4 is 0 Å². The highest BCUT2D eigenvalue weighted by atomic mass is 16.1. The van der Waals surface area contributed by atoms with Gasteiger partial charge in [0.05, 0.1) is 5.92 Å². The second-order valence-corrected chi connectivity index (χ2v) is 6.02. The van der Waals surface area contributed by atoms with Gasteiger partial charge in [-0.05, 0) is 28.4 Å². The topological polar surface area (TPSA) is 34.1 Å². The van der Waals surface area contributed by atoms with E-state index in [0.29, 0.717) is 0 Å². The second-order valence-electron chi connectivity index (χ2n) is 6.02. The monoisotopic (exact) mass is 284 g/mol. The van der Waals surface area contributed by atoms with Crippen LogP contribution in [0.3, 0.4) is 0 Å². The van der Waals surface area contributed by atoms with Crippen molar-refractivity contribution >= 4 is 11.6 Å². The van der Waals surface area contributed by atoms with E-state index in [2.05, 4.69) is 12.2 Å². The Bertz CT molecular complexity index is 919. The molecule has 2 heteroatoms. The lowest BCUT2D eigenvalue weighted by Crippen LogP contribution is -2.30. The van der Waals surface area contributed by atoms with E-state index in [1.165, 1.54) is 0 Å². The van der Waals surface area contributed by atoms with Gasteiger partial charge in [-0.15, -0.1) is 0 Å². The van der Waals surface area contributed by atoms with Gasteiger partial charge >= 0.3 is 0 Å². The largest absolute Gasteiger partial charge is 0.294 e. The summed E-state index contributed by atoms with van der Waals surface area (Å²) < 4.78 is 0. The van der Waals surface area contributed by atoms with E-state index in [0.717, 1.165) is 33.4 Å². The molecule has 2 unspecified atom stereocenters. The molecule has 0 radical (unpaired) electrons. The third kappa shape index (κ3) is 1.30. The van der Waals surface area contributed by atoms with Crippen molar-refractivity contribution in [3.8, 4) is 0 Å². The first-order valence-electron chi connectivity index (χ1n) is 7.46. The SMILES string of the molecule is O=C1C2=C3C4=C(C=CC(=O)C4C=C2)C=CC3c2ccccc21.